The number of nitrogens with one attached hydrogen (secondary N) is 1. The Hall–Kier alpha value is -0.820. The van der Waals surface area contributed by atoms with E-state index in [0.717, 1.165) is 11.1 Å². The fourth-order valence-corrected chi connectivity index (χ4v) is 3.32. The van der Waals surface area contributed by atoms with E-state index in [1.807, 2.05) is 0 Å². The predicted molar refractivity (Wildman–Crippen MR) is 77.7 cm³/mol. The summed E-state index contributed by atoms with van der Waals surface area (Å²) in [5.41, 5.74) is -1.65. The minimum absolute atomic E-state index is 0.526. The molecule has 22 heavy (non-hydrogen) atoms. The van der Waals surface area contributed by atoms with Crippen LogP contribution < -0.4 is 5.32 Å². The highest BCUT2D eigenvalue weighted by Crippen LogP contribution is 2.43. The van der Waals surface area contributed by atoms with Gasteiger partial charge in [-0.2, -0.15) is 13.2 Å². The number of aliphatic hydroxyl groups is 2. The molecule has 0 bridgehead atoms. The molecule has 1 aromatic rings. The summed E-state index contributed by atoms with van der Waals surface area (Å²) in [6.07, 6.45) is -5.53. The molecule has 0 radical (unpaired) electrons. The molecule has 1 aliphatic rings. The average Bonchev–Trinajstić information content (AvgIpc) is 2.86. The van der Waals surface area contributed by atoms with Crippen LogP contribution >= 0.6 is 11.6 Å². The van der Waals surface area contributed by atoms with E-state index in [4.69, 9.17) is 16.7 Å². The van der Waals surface area contributed by atoms with E-state index in [9.17, 15) is 18.3 Å². The van der Waals surface area contributed by atoms with Crippen LogP contribution in [0.2, 0.25) is 5.02 Å². The number of benzene rings is 1. The Labute approximate surface area is 132 Å². The Kier molecular flexibility index (Phi) is 4.52. The second-order valence-corrected chi connectivity index (χ2v) is 6.81. The standard InChI is InChI=1S/C15H19ClF3NO2/c1-13(2,7-14(22,8-21)15(17,18)19)11-3-4-12(16)10-6-20-5-9(10)11/h3-4,20-22H,5-8H2,1-2H3/t14-/m0/s1. The number of fused-ring (bicyclic) bond motifs is 1. The van der Waals surface area contributed by atoms with Crippen molar-refractivity contribution in [2.45, 2.75) is 50.6 Å². The fourth-order valence-electron chi connectivity index (χ4n) is 3.08. The molecule has 3 N–H and O–H groups in total. The van der Waals surface area contributed by atoms with Crippen molar-refractivity contribution in [2.24, 2.45) is 0 Å². The molecule has 0 aromatic heterocycles. The summed E-state index contributed by atoms with van der Waals surface area (Å²) in [7, 11) is 0. The third-order valence-electron chi connectivity index (χ3n) is 4.23. The third-order valence-corrected chi connectivity index (χ3v) is 4.58. The normalized spacial score (nSPS) is 18.2. The lowest BCUT2D eigenvalue weighted by Crippen LogP contribution is -2.52. The molecule has 0 aliphatic carbocycles. The minimum atomic E-state index is -4.90. The molecule has 0 saturated heterocycles. The van der Waals surface area contributed by atoms with Crippen LogP contribution in [0.5, 0.6) is 0 Å². The van der Waals surface area contributed by atoms with Gasteiger partial charge in [0.2, 0.25) is 0 Å². The van der Waals surface area contributed by atoms with E-state index in [-0.39, 0.29) is 0 Å². The molecular formula is C15H19ClF3NO2. The van der Waals surface area contributed by atoms with Gasteiger partial charge >= 0.3 is 6.18 Å². The zero-order chi connectivity index (χ0) is 16.8. The van der Waals surface area contributed by atoms with Gasteiger partial charge in [0.1, 0.15) is 0 Å². The topological polar surface area (TPSA) is 52.5 Å². The van der Waals surface area contributed by atoms with E-state index in [1.54, 1.807) is 26.0 Å². The van der Waals surface area contributed by atoms with Gasteiger partial charge in [-0.05, 0) is 34.6 Å². The van der Waals surface area contributed by atoms with E-state index in [2.05, 4.69) is 5.32 Å². The Morgan fingerprint density at radius 3 is 2.32 bits per heavy atom. The van der Waals surface area contributed by atoms with Gasteiger partial charge in [0.05, 0.1) is 6.61 Å². The number of hydrogen-bond donors (Lipinski definition) is 3. The molecule has 0 fully saturated rings. The summed E-state index contributed by atoms with van der Waals surface area (Å²) in [6, 6.07) is 3.36. The van der Waals surface area contributed by atoms with Crippen molar-refractivity contribution in [3.8, 4) is 0 Å². The molecule has 124 valence electrons. The highest BCUT2D eigenvalue weighted by Gasteiger charge is 2.55. The molecule has 1 heterocycles. The molecule has 1 aromatic carbocycles. The van der Waals surface area contributed by atoms with Crippen LogP contribution in [-0.4, -0.2) is 28.6 Å². The number of hydrogen-bond acceptors (Lipinski definition) is 3. The van der Waals surface area contributed by atoms with Crippen LogP contribution in [0.15, 0.2) is 12.1 Å². The number of alkyl halides is 3. The van der Waals surface area contributed by atoms with Crippen LogP contribution in [0, 0.1) is 0 Å². The van der Waals surface area contributed by atoms with E-state index in [0.29, 0.717) is 23.7 Å². The lowest BCUT2D eigenvalue weighted by molar-refractivity contribution is -0.277. The van der Waals surface area contributed by atoms with Gasteiger partial charge in [-0.25, -0.2) is 0 Å². The Morgan fingerprint density at radius 1 is 1.18 bits per heavy atom. The van der Waals surface area contributed by atoms with Crippen LogP contribution in [0.1, 0.15) is 37.0 Å². The molecule has 0 amide bonds. The fraction of sp³-hybridized carbons (Fsp3) is 0.600. The van der Waals surface area contributed by atoms with E-state index >= 15 is 0 Å². The number of halogens is 4. The predicted octanol–water partition coefficient (Wildman–Crippen LogP) is 2.90. The van der Waals surface area contributed by atoms with Crippen molar-refractivity contribution < 1.29 is 23.4 Å². The first-order valence-corrected chi connectivity index (χ1v) is 7.31. The van der Waals surface area contributed by atoms with Crippen LogP contribution in [0.4, 0.5) is 13.2 Å². The van der Waals surface area contributed by atoms with Crippen LogP contribution in [-0.2, 0) is 18.5 Å². The van der Waals surface area contributed by atoms with Gasteiger partial charge in [0.15, 0.2) is 5.60 Å². The van der Waals surface area contributed by atoms with Gasteiger partial charge in [-0.15, -0.1) is 0 Å². The van der Waals surface area contributed by atoms with Crippen molar-refractivity contribution in [2.75, 3.05) is 6.61 Å². The average molecular weight is 338 g/mol. The summed E-state index contributed by atoms with van der Waals surface area (Å²) in [5.74, 6) is 0. The summed E-state index contributed by atoms with van der Waals surface area (Å²) in [4.78, 5) is 0. The molecule has 7 heteroatoms. The third kappa shape index (κ3) is 2.97. The second-order valence-electron chi connectivity index (χ2n) is 6.40. The number of aliphatic hydroxyl groups excluding tert-OH is 1. The van der Waals surface area contributed by atoms with Crippen molar-refractivity contribution >= 4 is 11.6 Å². The van der Waals surface area contributed by atoms with Gasteiger partial charge < -0.3 is 15.5 Å². The maximum absolute atomic E-state index is 13.0. The zero-order valence-corrected chi connectivity index (χ0v) is 13.1. The lowest BCUT2D eigenvalue weighted by atomic mass is 9.73. The largest absolute Gasteiger partial charge is 0.419 e. The molecule has 1 aliphatic heterocycles. The van der Waals surface area contributed by atoms with Gasteiger partial charge in [-0.1, -0.05) is 31.5 Å². The van der Waals surface area contributed by atoms with Crippen molar-refractivity contribution in [3.05, 3.63) is 33.8 Å². The molecule has 0 unspecified atom stereocenters. The maximum Gasteiger partial charge on any atom is 0.419 e. The first-order chi connectivity index (χ1) is 10.0. The first kappa shape index (κ1) is 17.5. The lowest BCUT2D eigenvalue weighted by Gasteiger charge is -2.37. The quantitative estimate of drug-likeness (QED) is 0.792. The first-order valence-electron chi connectivity index (χ1n) is 6.93. The Bertz CT molecular complexity index is 575. The monoisotopic (exact) mass is 337 g/mol. The molecule has 0 spiro atoms. The van der Waals surface area contributed by atoms with Crippen molar-refractivity contribution in [3.63, 3.8) is 0 Å². The highest BCUT2D eigenvalue weighted by atomic mass is 35.5. The highest BCUT2D eigenvalue weighted by molar-refractivity contribution is 6.31. The second kappa shape index (κ2) is 5.67. The molecule has 0 saturated carbocycles. The van der Waals surface area contributed by atoms with Gasteiger partial charge in [0.25, 0.3) is 0 Å². The van der Waals surface area contributed by atoms with Crippen molar-refractivity contribution in [1.82, 2.24) is 5.32 Å². The number of rotatable bonds is 4. The van der Waals surface area contributed by atoms with E-state index in [1.165, 1.54) is 0 Å². The van der Waals surface area contributed by atoms with Crippen molar-refractivity contribution in [1.29, 1.82) is 0 Å². The maximum atomic E-state index is 13.0. The minimum Gasteiger partial charge on any atom is -0.393 e. The van der Waals surface area contributed by atoms with E-state index < -0.39 is 30.2 Å². The SMILES string of the molecule is CC(C)(C[C@](O)(CO)C(F)(F)F)c1ccc(Cl)c2c1CNC2. The smallest absolute Gasteiger partial charge is 0.393 e. The van der Waals surface area contributed by atoms with Crippen LogP contribution in [0.25, 0.3) is 0 Å². The Balaban J connectivity index is 2.42. The zero-order valence-electron chi connectivity index (χ0n) is 12.4. The summed E-state index contributed by atoms with van der Waals surface area (Å²) >= 11 is 6.12. The Morgan fingerprint density at radius 2 is 1.77 bits per heavy atom. The van der Waals surface area contributed by atoms with Gasteiger partial charge in [0, 0.05) is 18.1 Å². The molecule has 1 atom stereocenters. The molecule has 2 rings (SSSR count). The molecular weight excluding hydrogens is 319 g/mol. The summed E-state index contributed by atoms with van der Waals surface area (Å²) in [5, 5.41) is 22.6. The summed E-state index contributed by atoms with van der Waals surface area (Å²) in [6.45, 7) is 2.98. The summed E-state index contributed by atoms with van der Waals surface area (Å²) < 4.78 is 39.1. The van der Waals surface area contributed by atoms with Gasteiger partial charge in [-0.3, -0.25) is 0 Å². The molecule has 3 nitrogen and oxygen atoms in total. The van der Waals surface area contributed by atoms with Crippen LogP contribution in [0.3, 0.4) is 0 Å².